The fourth-order valence-corrected chi connectivity index (χ4v) is 2.32. The van der Waals surface area contributed by atoms with Crippen LogP contribution in [0.2, 0.25) is 5.28 Å². The number of carbonyl (C=O) groups is 1. The molecule has 2 rings (SSSR count). The predicted octanol–water partition coefficient (Wildman–Crippen LogP) is 3.67. The van der Waals surface area contributed by atoms with Crippen LogP contribution in [0, 0.1) is 5.41 Å². The number of esters is 1. The van der Waals surface area contributed by atoms with Crippen LogP contribution >= 0.6 is 11.6 Å². The van der Waals surface area contributed by atoms with Gasteiger partial charge in [0.05, 0.1) is 19.0 Å². The number of aromatic nitrogens is 2. The van der Waals surface area contributed by atoms with E-state index >= 15 is 0 Å². The fourth-order valence-electron chi connectivity index (χ4n) is 2.15. The first kappa shape index (κ1) is 16.5. The van der Waals surface area contributed by atoms with E-state index in [-0.39, 0.29) is 29.1 Å². The van der Waals surface area contributed by atoms with E-state index in [1.165, 1.54) is 7.11 Å². The van der Waals surface area contributed by atoms with Crippen LogP contribution in [0.5, 0.6) is 0 Å². The van der Waals surface area contributed by atoms with Crippen molar-refractivity contribution in [3.8, 4) is 0 Å². The third-order valence-corrected chi connectivity index (χ3v) is 3.70. The molecular weight excluding hydrogens is 302 g/mol. The van der Waals surface area contributed by atoms with Gasteiger partial charge in [0, 0.05) is 11.4 Å². The van der Waals surface area contributed by atoms with Gasteiger partial charge in [0.25, 0.3) is 0 Å². The highest BCUT2D eigenvalue weighted by Gasteiger charge is 2.28. The van der Waals surface area contributed by atoms with Gasteiger partial charge in [0.2, 0.25) is 5.28 Å². The minimum absolute atomic E-state index is 0.144. The molecule has 0 bridgehead atoms. The van der Waals surface area contributed by atoms with E-state index in [4.69, 9.17) is 16.3 Å². The minimum Gasteiger partial charge on any atom is -0.469 e. The number of hydrogen-bond donors (Lipinski definition) is 1. The maximum absolute atomic E-state index is 11.7. The number of benzene rings is 1. The molecule has 0 radical (unpaired) electrons. The van der Waals surface area contributed by atoms with Crippen molar-refractivity contribution in [2.75, 3.05) is 12.4 Å². The van der Waals surface area contributed by atoms with Crippen LogP contribution < -0.4 is 5.32 Å². The van der Waals surface area contributed by atoms with Gasteiger partial charge in [-0.25, -0.2) is 9.97 Å². The Labute approximate surface area is 135 Å². The standard InChI is InChI=1S/C16H20ClN3O2/c1-16(2,3)12(9-13(21)22-4)19-14-10-7-5-6-8-11(10)18-15(17)20-14/h5-8,12H,9H2,1-4H3,(H,18,19,20). The Hall–Kier alpha value is -1.88. The maximum Gasteiger partial charge on any atom is 0.307 e. The zero-order chi connectivity index (χ0) is 16.3. The lowest BCUT2D eigenvalue weighted by molar-refractivity contribution is -0.141. The van der Waals surface area contributed by atoms with Gasteiger partial charge in [-0.2, -0.15) is 0 Å². The van der Waals surface area contributed by atoms with Gasteiger partial charge in [0.15, 0.2) is 0 Å². The third-order valence-electron chi connectivity index (χ3n) is 3.53. The number of fused-ring (bicyclic) bond motifs is 1. The molecule has 1 aromatic carbocycles. The first-order valence-corrected chi connectivity index (χ1v) is 7.44. The van der Waals surface area contributed by atoms with Crippen molar-refractivity contribution in [3.63, 3.8) is 0 Å². The van der Waals surface area contributed by atoms with Crippen LogP contribution in [0.1, 0.15) is 27.2 Å². The second kappa shape index (κ2) is 6.48. The number of rotatable bonds is 4. The Morgan fingerprint density at radius 1 is 1.32 bits per heavy atom. The summed E-state index contributed by atoms with van der Waals surface area (Å²) in [5, 5.41) is 4.37. The Bertz CT molecular complexity index is 683. The largest absolute Gasteiger partial charge is 0.469 e. The predicted molar refractivity (Wildman–Crippen MR) is 88.0 cm³/mol. The van der Waals surface area contributed by atoms with E-state index in [1.807, 2.05) is 24.3 Å². The number of halogens is 1. The van der Waals surface area contributed by atoms with Crippen molar-refractivity contribution >= 4 is 34.3 Å². The summed E-state index contributed by atoms with van der Waals surface area (Å²) in [5.41, 5.74) is 0.600. The van der Waals surface area contributed by atoms with Gasteiger partial charge >= 0.3 is 5.97 Å². The molecule has 0 aliphatic heterocycles. The smallest absolute Gasteiger partial charge is 0.307 e. The average Bonchev–Trinajstić information content (AvgIpc) is 2.45. The molecule has 0 aliphatic carbocycles. The molecule has 1 atom stereocenters. The van der Waals surface area contributed by atoms with E-state index in [9.17, 15) is 4.79 Å². The van der Waals surface area contributed by atoms with Gasteiger partial charge in [0.1, 0.15) is 5.82 Å². The van der Waals surface area contributed by atoms with Gasteiger partial charge < -0.3 is 10.1 Å². The molecule has 0 saturated carbocycles. The zero-order valence-corrected chi connectivity index (χ0v) is 13.9. The van der Waals surface area contributed by atoms with Crippen molar-refractivity contribution in [1.82, 2.24) is 9.97 Å². The molecule has 0 amide bonds. The number of nitrogens with zero attached hydrogens (tertiary/aromatic N) is 2. The van der Waals surface area contributed by atoms with Crippen molar-refractivity contribution in [3.05, 3.63) is 29.5 Å². The number of ether oxygens (including phenoxy) is 1. The third kappa shape index (κ3) is 3.85. The first-order chi connectivity index (χ1) is 10.3. The van der Waals surface area contributed by atoms with Crippen LogP contribution in [-0.4, -0.2) is 29.1 Å². The summed E-state index contributed by atoms with van der Waals surface area (Å²) in [7, 11) is 1.39. The Balaban J connectivity index is 2.39. The average molecular weight is 322 g/mol. The number of para-hydroxylation sites is 1. The highest BCUT2D eigenvalue weighted by molar-refractivity contribution is 6.28. The summed E-state index contributed by atoms with van der Waals surface area (Å²) in [6, 6.07) is 7.46. The van der Waals surface area contributed by atoms with E-state index in [2.05, 4.69) is 36.1 Å². The summed E-state index contributed by atoms with van der Waals surface area (Å²) in [4.78, 5) is 20.2. The molecule has 0 fully saturated rings. The number of hydrogen-bond acceptors (Lipinski definition) is 5. The lowest BCUT2D eigenvalue weighted by atomic mass is 9.84. The maximum atomic E-state index is 11.7. The van der Waals surface area contributed by atoms with Crippen LogP contribution in [0.4, 0.5) is 5.82 Å². The Morgan fingerprint density at radius 3 is 2.64 bits per heavy atom. The van der Waals surface area contributed by atoms with Crippen LogP contribution in [-0.2, 0) is 9.53 Å². The first-order valence-electron chi connectivity index (χ1n) is 7.07. The molecular formula is C16H20ClN3O2. The molecule has 6 heteroatoms. The van der Waals surface area contributed by atoms with E-state index in [0.717, 1.165) is 10.9 Å². The Kier molecular flexibility index (Phi) is 4.86. The van der Waals surface area contributed by atoms with Gasteiger partial charge in [-0.15, -0.1) is 0 Å². The molecule has 22 heavy (non-hydrogen) atoms. The van der Waals surface area contributed by atoms with Crippen molar-refractivity contribution < 1.29 is 9.53 Å². The van der Waals surface area contributed by atoms with Crippen LogP contribution in [0.25, 0.3) is 10.9 Å². The summed E-state index contributed by atoms with van der Waals surface area (Å²) < 4.78 is 4.79. The van der Waals surface area contributed by atoms with E-state index in [1.54, 1.807) is 0 Å². The molecule has 0 spiro atoms. The van der Waals surface area contributed by atoms with Crippen LogP contribution in [0.3, 0.4) is 0 Å². The molecule has 1 aromatic heterocycles. The number of nitrogens with one attached hydrogen (secondary N) is 1. The van der Waals surface area contributed by atoms with Gasteiger partial charge in [-0.1, -0.05) is 32.9 Å². The summed E-state index contributed by atoms with van der Waals surface area (Å²) in [6.45, 7) is 6.16. The Morgan fingerprint density at radius 2 is 2.00 bits per heavy atom. The molecule has 2 aromatic rings. The lowest BCUT2D eigenvalue weighted by Crippen LogP contribution is -2.36. The monoisotopic (exact) mass is 321 g/mol. The quantitative estimate of drug-likeness (QED) is 0.687. The molecule has 1 heterocycles. The fraction of sp³-hybridized carbons (Fsp3) is 0.438. The molecule has 5 nitrogen and oxygen atoms in total. The molecule has 1 N–H and O–H groups in total. The van der Waals surface area contributed by atoms with Gasteiger partial charge in [-0.05, 0) is 29.1 Å². The highest BCUT2D eigenvalue weighted by Crippen LogP contribution is 2.29. The molecule has 1 unspecified atom stereocenters. The van der Waals surface area contributed by atoms with E-state index in [0.29, 0.717) is 5.82 Å². The number of anilines is 1. The SMILES string of the molecule is COC(=O)CC(Nc1nc(Cl)nc2ccccc12)C(C)(C)C. The molecule has 0 aliphatic rings. The zero-order valence-electron chi connectivity index (χ0n) is 13.2. The van der Waals surface area contributed by atoms with Crippen molar-refractivity contribution in [2.45, 2.75) is 33.2 Å². The minimum atomic E-state index is -0.267. The van der Waals surface area contributed by atoms with Crippen molar-refractivity contribution in [2.24, 2.45) is 5.41 Å². The summed E-state index contributed by atoms with van der Waals surface area (Å²) in [6.07, 6.45) is 0.246. The molecule has 0 saturated heterocycles. The number of carbonyl (C=O) groups excluding carboxylic acids is 1. The second-order valence-corrected chi connectivity index (χ2v) is 6.54. The summed E-state index contributed by atoms with van der Waals surface area (Å²) in [5.74, 6) is 0.358. The lowest BCUT2D eigenvalue weighted by Gasteiger charge is -2.31. The molecule has 118 valence electrons. The number of methoxy groups -OCH3 is 1. The topological polar surface area (TPSA) is 64.1 Å². The van der Waals surface area contributed by atoms with Crippen LogP contribution in [0.15, 0.2) is 24.3 Å². The summed E-state index contributed by atoms with van der Waals surface area (Å²) >= 11 is 6.00. The van der Waals surface area contributed by atoms with Gasteiger partial charge in [-0.3, -0.25) is 4.79 Å². The highest BCUT2D eigenvalue weighted by atomic mass is 35.5. The normalized spacial score (nSPS) is 13.0. The van der Waals surface area contributed by atoms with E-state index < -0.39 is 0 Å². The van der Waals surface area contributed by atoms with Crippen molar-refractivity contribution in [1.29, 1.82) is 0 Å². The second-order valence-electron chi connectivity index (χ2n) is 6.20.